The first-order valence-electron chi connectivity index (χ1n) is 7.03. The highest BCUT2D eigenvalue weighted by molar-refractivity contribution is 5.27. The first-order valence-corrected chi connectivity index (χ1v) is 7.03. The van der Waals surface area contributed by atoms with Gasteiger partial charge in [-0.3, -0.25) is 0 Å². The molecule has 0 aliphatic heterocycles. The van der Waals surface area contributed by atoms with Crippen LogP contribution in [0.3, 0.4) is 0 Å². The molecule has 1 aromatic carbocycles. The molecule has 2 heteroatoms. The molecule has 2 unspecified atom stereocenters. The summed E-state index contributed by atoms with van der Waals surface area (Å²) >= 11 is 0. The molecule has 1 aromatic rings. The van der Waals surface area contributed by atoms with E-state index in [-0.39, 0.29) is 0 Å². The van der Waals surface area contributed by atoms with Gasteiger partial charge in [-0.05, 0) is 48.8 Å². The number of hydrogen-bond acceptors (Lipinski definition) is 2. The predicted molar refractivity (Wildman–Crippen MR) is 75.8 cm³/mol. The van der Waals surface area contributed by atoms with E-state index in [9.17, 15) is 0 Å². The summed E-state index contributed by atoms with van der Waals surface area (Å²) in [5.41, 5.74) is 1.33. The van der Waals surface area contributed by atoms with Crippen molar-refractivity contribution in [1.29, 1.82) is 0 Å². The third kappa shape index (κ3) is 3.74. The molecule has 0 saturated heterocycles. The van der Waals surface area contributed by atoms with E-state index >= 15 is 0 Å². The lowest BCUT2D eigenvalue weighted by molar-refractivity contribution is 0.238. The Hall–Kier alpha value is -1.02. The third-order valence-electron chi connectivity index (χ3n) is 3.93. The van der Waals surface area contributed by atoms with Gasteiger partial charge in [0.2, 0.25) is 0 Å². The van der Waals surface area contributed by atoms with E-state index in [4.69, 9.17) is 4.74 Å². The Morgan fingerprint density at radius 1 is 1.06 bits per heavy atom. The van der Waals surface area contributed by atoms with E-state index in [0.29, 0.717) is 6.04 Å². The minimum Gasteiger partial charge on any atom is -0.497 e. The van der Waals surface area contributed by atoms with E-state index in [2.05, 4.69) is 31.3 Å². The monoisotopic (exact) mass is 247 g/mol. The largest absolute Gasteiger partial charge is 0.497 e. The van der Waals surface area contributed by atoms with Gasteiger partial charge in [-0.25, -0.2) is 0 Å². The maximum atomic E-state index is 5.17. The van der Waals surface area contributed by atoms with E-state index in [1.54, 1.807) is 7.11 Å². The first-order chi connectivity index (χ1) is 8.67. The van der Waals surface area contributed by atoms with Gasteiger partial charge in [-0.15, -0.1) is 0 Å². The fourth-order valence-electron chi connectivity index (χ4n) is 3.12. The van der Waals surface area contributed by atoms with Crippen molar-refractivity contribution in [1.82, 2.24) is 5.32 Å². The normalized spacial score (nSPS) is 28.1. The molecule has 100 valence electrons. The van der Waals surface area contributed by atoms with Crippen LogP contribution in [0.15, 0.2) is 24.3 Å². The molecule has 18 heavy (non-hydrogen) atoms. The summed E-state index contributed by atoms with van der Waals surface area (Å²) in [6.45, 7) is 5.71. The topological polar surface area (TPSA) is 21.3 Å². The SMILES string of the molecule is COc1ccc(CNC2CC(C)CC(C)C2)cc1. The van der Waals surface area contributed by atoms with E-state index in [1.807, 2.05) is 12.1 Å². The molecule has 1 aliphatic carbocycles. The van der Waals surface area contributed by atoms with Crippen molar-refractivity contribution in [3.63, 3.8) is 0 Å². The minimum absolute atomic E-state index is 0.686. The molecule has 0 aromatic heterocycles. The molecule has 1 aliphatic rings. The summed E-state index contributed by atoms with van der Waals surface area (Å²) < 4.78 is 5.17. The average molecular weight is 247 g/mol. The van der Waals surface area contributed by atoms with Gasteiger partial charge >= 0.3 is 0 Å². The van der Waals surface area contributed by atoms with Crippen LogP contribution in [0.1, 0.15) is 38.7 Å². The van der Waals surface area contributed by atoms with E-state index in [1.165, 1.54) is 24.8 Å². The molecular formula is C16H25NO. The quantitative estimate of drug-likeness (QED) is 0.877. The van der Waals surface area contributed by atoms with Gasteiger partial charge in [-0.1, -0.05) is 26.0 Å². The van der Waals surface area contributed by atoms with Crippen molar-refractivity contribution in [3.8, 4) is 5.75 Å². The van der Waals surface area contributed by atoms with Gasteiger partial charge in [0.15, 0.2) is 0 Å². The van der Waals surface area contributed by atoms with Crippen LogP contribution < -0.4 is 10.1 Å². The first kappa shape index (κ1) is 13.4. The van der Waals surface area contributed by atoms with Crippen LogP contribution in [-0.2, 0) is 6.54 Å². The molecule has 0 spiro atoms. The standard InChI is InChI=1S/C16H25NO/c1-12-8-13(2)10-15(9-12)17-11-14-4-6-16(18-3)7-5-14/h4-7,12-13,15,17H,8-11H2,1-3H3. The molecule has 1 saturated carbocycles. The summed E-state index contributed by atoms with van der Waals surface area (Å²) in [5, 5.41) is 3.70. The van der Waals surface area contributed by atoms with Crippen LogP contribution in [0, 0.1) is 11.8 Å². The fourth-order valence-corrected chi connectivity index (χ4v) is 3.12. The van der Waals surface area contributed by atoms with Crippen molar-refractivity contribution in [2.45, 2.75) is 45.7 Å². The van der Waals surface area contributed by atoms with Crippen molar-refractivity contribution in [3.05, 3.63) is 29.8 Å². The fraction of sp³-hybridized carbons (Fsp3) is 0.625. The lowest BCUT2D eigenvalue weighted by Gasteiger charge is -2.32. The zero-order chi connectivity index (χ0) is 13.0. The van der Waals surface area contributed by atoms with Crippen molar-refractivity contribution in [2.24, 2.45) is 11.8 Å². The summed E-state index contributed by atoms with van der Waals surface area (Å²) in [6, 6.07) is 9.03. The second-order valence-corrected chi connectivity index (χ2v) is 5.84. The second-order valence-electron chi connectivity index (χ2n) is 5.84. The number of ether oxygens (including phenoxy) is 1. The maximum Gasteiger partial charge on any atom is 0.118 e. The molecule has 0 bridgehead atoms. The summed E-state index contributed by atoms with van der Waals surface area (Å²) in [5.74, 6) is 2.66. The zero-order valence-corrected chi connectivity index (χ0v) is 11.8. The van der Waals surface area contributed by atoms with Crippen LogP contribution in [0.5, 0.6) is 5.75 Å². The summed E-state index contributed by atoms with van der Waals surface area (Å²) in [6.07, 6.45) is 4.03. The Balaban J connectivity index is 1.83. The molecule has 1 N–H and O–H groups in total. The van der Waals surface area contributed by atoms with E-state index in [0.717, 1.165) is 24.1 Å². The minimum atomic E-state index is 0.686. The van der Waals surface area contributed by atoms with Gasteiger partial charge in [0.05, 0.1) is 7.11 Å². The summed E-state index contributed by atoms with van der Waals surface area (Å²) in [7, 11) is 1.71. The smallest absolute Gasteiger partial charge is 0.118 e. The molecule has 2 atom stereocenters. The van der Waals surface area contributed by atoms with Crippen LogP contribution in [0.25, 0.3) is 0 Å². The molecular weight excluding hydrogens is 222 g/mol. The highest BCUT2D eigenvalue weighted by Crippen LogP contribution is 2.28. The van der Waals surface area contributed by atoms with Crippen LogP contribution in [-0.4, -0.2) is 13.2 Å². The van der Waals surface area contributed by atoms with Crippen molar-refractivity contribution >= 4 is 0 Å². The number of nitrogens with one attached hydrogen (secondary N) is 1. The van der Waals surface area contributed by atoms with Crippen LogP contribution in [0.4, 0.5) is 0 Å². The Morgan fingerprint density at radius 3 is 2.22 bits per heavy atom. The highest BCUT2D eigenvalue weighted by Gasteiger charge is 2.23. The average Bonchev–Trinajstić information content (AvgIpc) is 2.36. The molecule has 1 fully saturated rings. The molecule has 0 radical (unpaired) electrons. The van der Waals surface area contributed by atoms with Crippen LogP contribution in [0.2, 0.25) is 0 Å². The van der Waals surface area contributed by atoms with Gasteiger partial charge < -0.3 is 10.1 Å². The number of benzene rings is 1. The Bertz CT molecular complexity index is 350. The lowest BCUT2D eigenvalue weighted by atomic mass is 9.80. The third-order valence-corrected chi connectivity index (χ3v) is 3.93. The summed E-state index contributed by atoms with van der Waals surface area (Å²) in [4.78, 5) is 0. The van der Waals surface area contributed by atoms with Gasteiger partial charge in [0, 0.05) is 12.6 Å². The Kier molecular flexibility index (Phi) is 4.65. The van der Waals surface area contributed by atoms with Gasteiger partial charge in [-0.2, -0.15) is 0 Å². The molecule has 0 heterocycles. The molecule has 0 amide bonds. The Morgan fingerprint density at radius 2 is 1.67 bits per heavy atom. The van der Waals surface area contributed by atoms with Gasteiger partial charge in [0.1, 0.15) is 5.75 Å². The lowest BCUT2D eigenvalue weighted by Crippen LogP contribution is -2.35. The highest BCUT2D eigenvalue weighted by atomic mass is 16.5. The predicted octanol–water partition coefficient (Wildman–Crippen LogP) is 3.61. The van der Waals surface area contributed by atoms with Gasteiger partial charge in [0.25, 0.3) is 0 Å². The number of hydrogen-bond donors (Lipinski definition) is 1. The Labute approximate surface area is 111 Å². The molecule has 2 rings (SSSR count). The van der Waals surface area contributed by atoms with E-state index < -0.39 is 0 Å². The maximum absolute atomic E-state index is 5.17. The number of methoxy groups -OCH3 is 1. The second kappa shape index (κ2) is 6.24. The van der Waals surface area contributed by atoms with Crippen LogP contribution >= 0.6 is 0 Å². The zero-order valence-electron chi connectivity index (χ0n) is 11.8. The molecule has 2 nitrogen and oxygen atoms in total. The number of rotatable bonds is 4. The van der Waals surface area contributed by atoms with Crippen molar-refractivity contribution in [2.75, 3.05) is 7.11 Å². The van der Waals surface area contributed by atoms with Crippen molar-refractivity contribution < 1.29 is 4.74 Å².